The summed E-state index contributed by atoms with van der Waals surface area (Å²) < 4.78 is 27.0. The number of hydrogen-bond donors (Lipinski definition) is 1. The van der Waals surface area contributed by atoms with E-state index in [0.29, 0.717) is 16.0 Å². The van der Waals surface area contributed by atoms with Crippen molar-refractivity contribution in [1.29, 1.82) is 0 Å². The van der Waals surface area contributed by atoms with Gasteiger partial charge in [0.15, 0.2) is 0 Å². The smallest absolute Gasteiger partial charge is 0.240 e. The second-order valence-electron chi connectivity index (χ2n) is 4.13. The molecule has 0 amide bonds. The lowest BCUT2D eigenvalue weighted by Crippen LogP contribution is -2.27. The average molecular weight is 356 g/mol. The van der Waals surface area contributed by atoms with Gasteiger partial charge in [-0.15, -0.1) is 0 Å². The highest BCUT2D eigenvalue weighted by atomic mass is 79.9. The van der Waals surface area contributed by atoms with E-state index in [1.54, 1.807) is 6.07 Å². The molecule has 0 aromatic heterocycles. The predicted molar refractivity (Wildman–Crippen MR) is 77.5 cm³/mol. The molecule has 0 unspecified atom stereocenters. The highest BCUT2D eigenvalue weighted by Gasteiger charge is 2.14. The molecule has 0 bridgehead atoms. The van der Waals surface area contributed by atoms with Crippen molar-refractivity contribution in [1.82, 2.24) is 9.62 Å². The van der Waals surface area contributed by atoms with Crippen LogP contribution in [0.3, 0.4) is 0 Å². The summed E-state index contributed by atoms with van der Waals surface area (Å²) in [7, 11) is 0.444. The van der Waals surface area contributed by atoms with Crippen LogP contribution in [-0.4, -0.2) is 40.5 Å². The number of hydrogen-bond acceptors (Lipinski definition) is 3. The van der Waals surface area contributed by atoms with Crippen molar-refractivity contribution in [2.45, 2.75) is 11.3 Å². The van der Waals surface area contributed by atoms with Gasteiger partial charge in [0.2, 0.25) is 10.0 Å². The topological polar surface area (TPSA) is 49.4 Å². The van der Waals surface area contributed by atoms with Gasteiger partial charge >= 0.3 is 0 Å². The van der Waals surface area contributed by atoms with E-state index in [4.69, 9.17) is 11.6 Å². The van der Waals surface area contributed by atoms with Crippen LogP contribution in [0.2, 0.25) is 5.02 Å². The van der Waals surface area contributed by atoms with Gasteiger partial charge in [-0.1, -0.05) is 11.6 Å². The van der Waals surface area contributed by atoms with Gasteiger partial charge in [0.1, 0.15) is 0 Å². The third-order valence-corrected chi connectivity index (χ3v) is 4.95. The Kier molecular flexibility index (Phi) is 6.07. The summed E-state index contributed by atoms with van der Waals surface area (Å²) in [6, 6.07) is 4.54. The van der Waals surface area contributed by atoms with Gasteiger partial charge < -0.3 is 4.90 Å². The Hall–Kier alpha value is -0.140. The molecule has 0 saturated heterocycles. The Morgan fingerprint density at radius 3 is 2.61 bits per heavy atom. The lowest BCUT2D eigenvalue weighted by atomic mass is 10.4. The van der Waals surface area contributed by atoms with Crippen molar-refractivity contribution >= 4 is 37.6 Å². The van der Waals surface area contributed by atoms with Gasteiger partial charge in [0.25, 0.3) is 0 Å². The number of halogens is 2. The third-order valence-electron chi connectivity index (χ3n) is 2.28. The van der Waals surface area contributed by atoms with E-state index in [1.807, 2.05) is 19.0 Å². The second-order valence-corrected chi connectivity index (χ2v) is 7.16. The molecule has 102 valence electrons. The third kappa shape index (κ3) is 4.85. The standard InChI is InChI=1S/C11H16BrClN2O2S/c1-15(2)7-3-6-14-18(16,17)9-4-5-11(13)10(12)8-9/h4-5,8,14H,3,6-7H2,1-2H3. The Balaban J connectivity index is 2.66. The van der Waals surface area contributed by atoms with Gasteiger partial charge in [0.05, 0.1) is 9.92 Å². The predicted octanol–water partition coefficient (Wildman–Crippen LogP) is 2.33. The Morgan fingerprint density at radius 1 is 1.39 bits per heavy atom. The zero-order chi connectivity index (χ0) is 13.8. The summed E-state index contributed by atoms with van der Waals surface area (Å²) in [6.45, 7) is 1.26. The number of sulfonamides is 1. The molecule has 1 aromatic rings. The maximum absolute atomic E-state index is 12.0. The molecule has 4 nitrogen and oxygen atoms in total. The van der Waals surface area contributed by atoms with E-state index in [9.17, 15) is 8.42 Å². The van der Waals surface area contributed by atoms with Crippen molar-refractivity contribution in [3.05, 3.63) is 27.7 Å². The highest BCUT2D eigenvalue weighted by Crippen LogP contribution is 2.25. The molecule has 0 aliphatic carbocycles. The fraction of sp³-hybridized carbons (Fsp3) is 0.455. The van der Waals surface area contributed by atoms with E-state index < -0.39 is 10.0 Å². The van der Waals surface area contributed by atoms with E-state index in [0.717, 1.165) is 13.0 Å². The van der Waals surface area contributed by atoms with Crippen molar-refractivity contribution in [3.63, 3.8) is 0 Å². The van der Waals surface area contributed by atoms with Crippen molar-refractivity contribution in [2.75, 3.05) is 27.2 Å². The van der Waals surface area contributed by atoms with Crippen LogP contribution in [0.4, 0.5) is 0 Å². The van der Waals surface area contributed by atoms with Crippen molar-refractivity contribution in [3.8, 4) is 0 Å². The minimum absolute atomic E-state index is 0.212. The first-order valence-corrected chi connectivity index (χ1v) is 8.08. The fourth-order valence-electron chi connectivity index (χ4n) is 1.33. The quantitative estimate of drug-likeness (QED) is 0.797. The number of rotatable bonds is 6. The first-order chi connectivity index (χ1) is 8.33. The van der Waals surface area contributed by atoms with Crippen LogP contribution in [0.15, 0.2) is 27.6 Å². The van der Waals surface area contributed by atoms with E-state index >= 15 is 0 Å². The molecule has 0 saturated carbocycles. The summed E-state index contributed by atoms with van der Waals surface area (Å²) in [6.07, 6.45) is 0.765. The molecular weight excluding hydrogens is 340 g/mol. The van der Waals surface area contributed by atoms with Crippen LogP contribution in [-0.2, 0) is 10.0 Å². The van der Waals surface area contributed by atoms with Crippen LogP contribution in [0.5, 0.6) is 0 Å². The lowest BCUT2D eigenvalue weighted by molar-refractivity contribution is 0.400. The molecule has 7 heteroatoms. The molecule has 0 atom stereocenters. The Bertz CT molecular complexity index is 506. The van der Waals surface area contributed by atoms with Gasteiger partial charge in [-0.05, 0) is 61.2 Å². The zero-order valence-electron chi connectivity index (χ0n) is 10.3. The first-order valence-electron chi connectivity index (χ1n) is 5.42. The number of nitrogens with one attached hydrogen (secondary N) is 1. The largest absolute Gasteiger partial charge is 0.309 e. The minimum Gasteiger partial charge on any atom is -0.309 e. The number of benzene rings is 1. The van der Waals surface area contributed by atoms with Gasteiger partial charge in [-0.3, -0.25) is 0 Å². The summed E-state index contributed by atoms with van der Waals surface area (Å²) in [4.78, 5) is 2.22. The molecule has 1 rings (SSSR count). The summed E-state index contributed by atoms with van der Waals surface area (Å²) in [5, 5.41) is 0.488. The van der Waals surface area contributed by atoms with Gasteiger partial charge in [-0.2, -0.15) is 0 Å². The van der Waals surface area contributed by atoms with Crippen molar-refractivity contribution in [2.24, 2.45) is 0 Å². The number of nitrogens with zero attached hydrogens (tertiary/aromatic N) is 1. The first kappa shape index (κ1) is 15.9. The monoisotopic (exact) mass is 354 g/mol. The molecule has 18 heavy (non-hydrogen) atoms. The van der Waals surface area contributed by atoms with Crippen molar-refractivity contribution < 1.29 is 8.42 Å². The van der Waals surface area contributed by atoms with Gasteiger partial charge in [-0.25, -0.2) is 13.1 Å². The summed E-state index contributed by atoms with van der Waals surface area (Å²) in [5.41, 5.74) is 0. The SMILES string of the molecule is CN(C)CCCNS(=O)(=O)c1ccc(Cl)c(Br)c1. The lowest BCUT2D eigenvalue weighted by Gasteiger charge is -2.10. The van der Waals surface area contributed by atoms with Gasteiger partial charge in [0, 0.05) is 11.0 Å². The normalized spacial score (nSPS) is 12.1. The highest BCUT2D eigenvalue weighted by molar-refractivity contribution is 9.10. The zero-order valence-corrected chi connectivity index (χ0v) is 13.4. The molecule has 0 aliphatic rings. The average Bonchev–Trinajstić information content (AvgIpc) is 2.28. The van der Waals surface area contributed by atoms with Crippen LogP contribution < -0.4 is 4.72 Å². The van der Waals surface area contributed by atoms with E-state index in [1.165, 1.54) is 12.1 Å². The van der Waals surface area contributed by atoms with Crippen LogP contribution in [0.1, 0.15) is 6.42 Å². The van der Waals surface area contributed by atoms with Crippen LogP contribution >= 0.6 is 27.5 Å². The van der Waals surface area contributed by atoms with Crippen LogP contribution in [0, 0.1) is 0 Å². The van der Waals surface area contributed by atoms with Crippen LogP contribution in [0.25, 0.3) is 0 Å². The summed E-state index contributed by atoms with van der Waals surface area (Å²) in [5.74, 6) is 0. The maximum atomic E-state index is 12.0. The molecule has 0 heterocycles. The van der Waals surface area contributed by atoms with E-state index in [2.05, 4.69) is 20.7 Å². The fourth-order valence-corrected chi connectivity index (χ4v) is 3.08. The molecule has 0 aliphatic heterocycles. The molecule has 0 spiro atoms. The molecule has 0 fully saturated rings. The van der Waals surface area contributed by atoms with E-state index in [-0.39, 0.29) is 4.90 Å². The second kappa shape index (κ2) is 6.86. The molecular formula is C11H16BrClN2O2S. The Morgan fingerprint density at radius 2 is 2.06 bits per heavy atom. The summed E-state index contributed by atoms with van der Waals surface area (Å²) >= 11 is 9.03. The maximum Gasteiger partial charge on any atom is 0.240 e. The molecule has 1 aromatic carbocycles. The molecule has 1 N–H and O–H groups in total. The Labute approximate surface area is 121 Å². The minimum atomic E-state index is -3.45. The molecule has 0 radical (unpaired) electrons.